The minimum atomic E-state index is -0.231. The maximum absolute atomic E-state index is 13.1. The predicted molar refractivity (Wildman–Crippen MR) is 108 cm³/mol. The first-order valence-corrected chi connectivity index (χ1v) is 10.5. The molecule has 3 aromatic rings. The number of hydrogen-bond acceptors (Lipinski definition) is 6. The summed E-state index contributed by atoms with van der Waals surface area (Å²) in [5.74, 6) is 0.783. The molecular weight excluding hydrogens is 391 g/mol. The van der Waals surface area contributed by atoms with Crippen LogP contribution in [0.3, 0.4) is 0 Å². The molecule has 0 aliphatic carbocycles. The van der Waals surface area contributed by atoms with E-state index in [0.717, 1.165) is 36.4 Å². The second-order valence-electron chi connectivity index (χ2n) is 7.38. The molecule has 1 fully saturated rings. The number of amides is 1. The van der Waals surface area contributed by atoms with Crippen molar-refractivity contribution in [1.82, 2.24) is 19.9 Å². The molecule has 1 aliphatic rings. The molecule has 3 heterocycles. The van der Waals surface area contributed by atoms with Gasteiger partial charge >= 0.3 is 0 Å². The number of carbonyl (C=O) groups excluding carboxylic acids is 1. The SMILES string of the molecule is CN(Cc1nc(-c2cccs2)no1)C(=O)[C@@H]1CCCN(Cc2ccc(F)cc2)C1. The van der Waals surface area contributed by atoms with E-state index >= 15 is 0 Å². The van der Waals surface area contributed by atoms with E-state index in [-0.39, 0.29) is 17.6 Å². The second-order valence-corrected chi connectivity index (χ2v) is 8.33. The van der Waals surface area contributed by atoms with Gasteiger partial charge in [-0.3, -0.25) is 9.69 Å². The summed E-state index contributed by atoms with van der Waals surface area (Å²) in [5.41, 5.74) is 1.06. The van der Waals surface area contributed by atoms with Crippen molar-refractivity contribution in [3.63, 3.8) is 0 Å². The van der Waals surface area contributed by atoms with E-state index in [1.54, 1.807) is 35.4 Å². The zero-order valence-electron chi connectivity index (χ0n) is 16.3. The lowest BCUT2D eigenvalue weighted by Crippen LogP contribution is -2.43. The van der Waals surface area contributed by atoms with Gasteiger partial charge in [-0.05, 0) is 48.5 Å². The largest absolute Gasteiger partial charge is 0.337 e. The van der Waals surface area contributed by atoms with Crippen molar-refractivity contribution in [1.29, 1.82) is 0 Å². The number of benzene rings is 1. The molecule has 1 aliphatic heterocycles. The van der Waals surface area contributed by atoms with Gasteiger partial charge in [0.1, 0.15) is 5.82 Å². The number of halogens is 1. The standard InChI is InChI=1S/C21H23FN4O2S/c1-25(14-19-23-20(24-28-19)18-5-3-11-29-18)21(27)16-4-2-10-26(13-16)12-15-6-8-17(22)9-7-15/h3,5-9,11,16H,2,4,10,12-14H2,1H3/t16-/m1/s1. The number of thiophene rings is 1. The lowest BCUT2D eigenvalue weighted by Gasteiger charge is -2.33. The number of rotatable bonds is 6. The van der Waals surface area contributed by atoms with Crippen LogP contribution in [0.4, 0.5) is 4.39 Å². The van der Waals surface area contributed by atoms with E-state index in [9.17, 15) is 9.18 Å². The van der Waals surface area contributed by atoms with Gasteiger partial charge in [0.15, 0.2) is 0 Å². The first-order valence-electron chi connectivity index (χ1n) is 9.67. The number of likely N-dealkylation sites (tertiary alicyclic amines) is 1. The average molecular weight is 415 g/mol. The summed E-state index contributed by atoms with van der Waals surface area (Å²) in [4.78, 5) is 22.2. The van der Waals surface area contributed by atoms with E-state index in [0.29, 0.717) is 24.8 Å². The first kappa shape index (κ1) is 19.7. The first-order chi connectivity index (χ1) is 14.1. The summed E-state index contributed by atoms with van der Waals surface area (Å²) in [6.45, 7) is 2.66. The van der Waals surface area contributed by atoms with E-state index in [1.165, 1.54) is 12.1 Å². The summed E-state index contributed by atoms with van der Waals surface area (Å²) < 4.78 is 18.4. The van der Waals surface area contributed by atoms with Crippen LogP contribution in [0, 0.1) is 11.7 Å². The Balaban J connectivity index is 1.33. The minimum Gasteiger partial charge on any atom is -0.337 e. The van der Waals surface area contributed by atoms with Crippen molar-refractivity contribution in [3.05, 3.63) is 59.0 Å². The third-order valence-corrected chi connectivity index (χ3v) is 6.00. The van der Waals surface area contributed by atoms with Gasteiger partial charge in [0.2, 0.25) is 17.6 Å². The van der Waals surface area contributed by atoms with Gasteiger partial charge in [-0.15, -0.1) is 11.3 Å². The molecule has 6 nitrogen and oxygen atoms in total. The summed E-state index contributed by atoms with van der Waals surface area (Å²) in [6.07, 6.45) is 1.84. The fourth-order valence-corrected chi connectivity index (χ4v) is 4.32. The molecule has 0 bridgehead atoms. The quantitative estimate of drug-likeness (QED) is 0.614. The molecule has 2 aromatic heterocycles. The van der Waals surface area contributed by atoms with Crippen LogP contribution < -0.4 is 0 Å². The summed E-state index contributed by atoms with van der Waals surface area (Å²) in [6, 6.07) is 10.4. The van der Waals surface area contributed by atoms with E-state index < -0.39 is 0 Å². The summed E-state index contributed by atoms with van der Waals surface area (Å²) in [5, 5.41) is 5.96. The number of aromatic nitrogens is 2. The van der Waals surface area contributed by atoms with Crippen LogP contribution in [0.15, 0.2) is 46.3 Å². The number of nitrogens with zero attached hydrogens (tertiary/aromatic N) is 4. The monoisotopic (exact) mass is 414 g/mol. The van der Waals surface area contributed by atoms with Gasteiger partial charge in [0.25, 0.3) is 0 Å². The Morgan fingerprint density at radius 1 is 1.34 bits per heavy atom. The van der Waals surface area contributed by atoms with Crippen LogP contribution in [-0.4, -0.2) is 46.0 Å². The molecule has 1 aromatic carbocycles. The topological polar surface area (TPSA) is 62.5 Å². The Morgan fingerprint density at radius 2 is 2.17 bits per heavy atom. The van der Waals surface area contributed by atoms with Crippen LogP contribution in [0.1, 0.15) is 24.3 Å². The molecule has 1 saturated heterocycles. The lowest BCUT2D eigenvalue weighted by atomic mass is 9.96. The molecule has 29 heavy (non-hydrogen) atoms. The third kappa shape index (κ3) is 4.89. The maximum Gasteiger partial charge on any atom is 0.246 e. The third-order valence-electron chi connectivity index (χ3n) is 5.13. The van der Waals surface area contributed by atoms with E-state index in [2.05, 4.69) is 15.0 Å². The minimum absolute atomic E-state index is 0.0612. The molecule has 0 spiro atoms. The second kappa shape index (κ2) is 8.84. The zero-order chi connectivity index (χ0) is 20.2. The lowest BCUT2D eigenvalue weighted by molar-refractivity contribution is -0.137. The van der Waals surface area contributed by atoms with Crippen molar-refractivity contribution in [2.24, 2.45) is 5.92 Å². The summed E-state index contributed by atoms with van der Waals surface area (Å²) >= 11 is 1.55. The highest BCUT2D eigenvalue weighted by molar-refractivity contribution is 7.13. The highest BCUT2D eigenvalue weighted by atomic mass is 32.1. The Morgan fingerprint density at radius 3 is 2.93 bits per heavy atom. The van der Waals surface area contributed by atoms with Crippen LogP contribution in [0.25, 0.3) is 10.7 Å². The van der Waals surface area contributed by atoms with Crippen LogP contribution >= 0.6 is 11.3 Å². The molecule has 0 N–H and O–H groups in total. The van der Waals surface area contributed by atoms with Crippen molar-refractivity contribution in [2.45, 2.75) is 25.9 Å². The fraction of sp³-hybridized carbons (Fsp3) is 0.381. The highest BCUT2D eigenvalue weighted by Gasteiger charge is 2.28. The Bertz CT molecular complexity index is 942. The molecule has 0 radical (unpaired) electrons. The van der Waals surface area contributed by atoms with Gasteiger partial charge in [-0.25, -0.2) is 4.39 Å². The molecule has 1 atom stereocenters. The Hall–Kier alpha value is -2.58. The van der Waals surface area contributed by atoms with Crippen molar-refractivity contribution in [2.75, 3.05) is 20.1 Å². The normalized spacial score (nSPS) is 17.4. The van der Waals surface area contributed by atoms with E-state index in [1.807, 2.05) is 17.5 Å². The number of hydrogen-bond donors (Lipinski definition) is 0. The maximum atomic E-state index is 13.1. The van der Waals surface area contributed by atoms with Crippen molar-refractivity contribution in [3.8, 4) is 10.7 Å². The van der Waals surface area contributed by atoms with Gasteiger partial charge < -0.3 is 9.42 Å². The molecule has 0 saturated carbocycles. The molecule has 4 rings (SSSR count). The van der Waals surface area contributed by atoms with Gasteiger partial charge in [0.05, 0.1) is 17.3 Å². The smallest absolute Gasteiger partial charge is 0.246 e. The van der Waals surface area contributed by atoms with Crippen LogP contribution in [0.2, 0.25) is 0 Å². The van der Waals surface area contributed by atoms with Gasteiger partial charge in [-0.1, -0.05) is 23.4 Å². The van der Waals surface area contributed by atoms with Gasteiger partial charge in [-0.2, -0.15) is 4.98 Å². The molecule has 1 amide bonds. The molecule has 0 unspecified atom stereocenters. The Kier molecular flexibility index (Phi) is 6.01. The highest BCUT2D eigenvalue weighted by Crippen LogP contribution is 2.23. The van der Waals surface area contributed by atoms with Crippen molar-refractivity contribution >= 4 is 17.2 Å². The number of carbonyl (C=O) groups is 1. The predicted octanol–water partition coefficient (Wildman–Crippen LogP) is 3.81. The molecule has 152 valence electrons. The van der Waals surface area contributed by atoms with E-state index in [4.69, 9.17) is 4.52 Å². The summed E-state index contributed by atoms with van der Waals surface area (Å²) in [7, 11) is 1.77. The van der Waals surface area contributed by atoms with Gasteiger partial charge in [0, 0.05) is 20.1 Å². The molecule has 8 heteroatoms. The zero-order valence-corrected chi connectivity index (χ0v) is 17.1. The number of piperidine rings is 1. The van der Waals surface area contributed by atoms with Crippen LogP contribution in [0.5, 0.6) is 0 Å². The van der Waals surface area contributed by atoms with Crippen molar-refractivity contribution < 1.29 is 13.7 Å². The fourth-order valence-electron chi connectivity index (χ4n) is 3.67. The Labute approximate surface area is 172 Å². The average Bonchev–Trinajstić information content (AvgIpc) is 3.41. The molecular formula is C21H23FN4O2S. The van der Waals surface area contributed by atoms with Crippen LogP contribution in [-0.2, 0) is 17.9 Å².